The summed E-state index contributed by atoms with van der Waals surface area (Å²) < 4.78 is 5.33. The number of nitrogens with zero attached hydrogens (tertiary/aromatic N) is 1. The Morgan fingerprint density at radius 2 is 2.18 bits per heavy atom. The van der Waals surface area contributed by atoms with Gasteiger partial charge in [0, 0.05) is 19.1 Å². The summed E-state index contributed by atoms with van der Waals surface area (Å²) in [6.07, 6.45) is 1.56. The molecule has 1 aliphatic rings. The van der Waals surface area contributed by atoms with Crippen LogP contribution < -0.4 is 0 Å². The third-order valence-electron chi connectivity index (χ3n) is 3.20. The first-order valence-corrected chi connectivity index (χ1v) is 6.09. The lowest BCUT2D eigenvalue weighted by molar-refractivity contribution is -0.119. The summed E-state index contributed by atoms with van der Waals surface area (Å²) in [5.41, 5.74) is 1.09. The van der Waals surface area contributed by atoms with Crippen molar-refractivity contribution in [3.63, 3.8) is 0 Å². The first-order valence-electron chi connectivity index (χ1n) is 6.09. The van der Waals surface area contributed by atoms with Gasteiger partial charge < -0.3 is 4.74 Å². The van der Waals surface area contributed by atoms with Gasteiger partial charge in [-0.1, -0.05) is 30.3 Å². The Morgan fingerprint density at radius 3 is 2.82 bits per heavy atom. The van der Waals surface area contributed by atoms with E-state index < -0.39 is 0 Å². The highest BCUT2D eigenvalue weighted by molar-refractivity contribution is 5.82. The smallest absolute Gasteiger partial charge is 0.151 e. The van der Waals surface area contributed by atoms with Gasteiger partial charge in [-0.05, 0) is 19.0 Å². The van der Waals surface area contributed by atoms with Gasteiger partial charge in [0.05, 0.1) is 13.2 Å². The van der Waals surface area contributed by atoms with Crippen molar-refractivity contribution in [2.75, 3.05) is 26.8 Å². The molecular formula is C14H19NO2. The fraction of sp³-hybridized carbons (Fsp3) is 0.500. The second-order valence-electron chi connectivity index (χ2n) is 4.63. The molecule has 0 spiro atoms. The van der Waals surface area contributed by atoms with Crippen molar-refractivity contribution in [2.45, 2.75) is 18.9 Å². The van der Waals surface area contributed by atoms with E-state index >= 15 is 0 Å². The zero-order valence-electron chi connectivity index (χ0n) is 10.3. The topological polar surface area (TPSA) is 29.5 Å². The molecule has 1 heterocycles. The van der Waals surface area contributed by atoms with Crippen molar-refractivity contribution >= 4 is 5.78 Å². The largest absolute Gasteiger partial charge is 0.380 e. The van der Waals surface area contributed by atoms with Gasteiger partial charge in [0.1, 0.15) is 0 Å². The van der Waals surface area contributed by atoms with E-state index in [1.165, 1.54) is 0 Å². The van der Waals surface area contributed by atoms with Gasteiger partial charge in [-0.3, -0.25) is 9.69 Å². The molecule has 3 heteroatoms. The minimum atomic E-state index is 0.269. The maximum absolute atomic E-state index is 11.9. The average Bonchev–Trinajstić information content (AvgIpc) is 2.83. The lowest BCUT2D eigenvalue weighted by Crippen LogP contribution is -2.36. The average molecular weight is 233 g/mol. The van der Waals surface area contributed by atoms with E-state index in [0.717, 1.165) is 25.2 Å². The summed E-state index contributed by atoms with van der Waals surface area (Å²) in [4.78, 5) is 14.0. The molecule has 0 saturated carbocycles. The van der Waals surface area contributed by atoms with Gasteiger partial charge >= 0.3 is 0 Å². The van der Waals surface area contributed by atoms with Crippen LogP contribution in [-0.4, -0.2) is 43.5 Å². The Bertz CT molecular complexity index is 358. The highest BCUT2D eigenvalue weighted by atomic mass is 16.5. The normalized spacial score (nSPS) is 19.8. The van der Waals surface area contributed by atoms with Crippen LogP contribution in [0.2, 0.25) is 0 Å². The quantitative estimate of drug-likeness (QED) is 0.772. The van der Waals surface area contributed by atoms with Crippen molar-refractivity contribution < 1.29 is 9.53 Å². The number of ether oxygens (including phenoxy) is 1. The first kappa shape index (κ1) is 12.3. The summed E-state index contributed by atoms with van der Waals surface area (Å²) in [6.45, 7) is 2.10. The van der Waals surface area contributed by atoms with Gasteiger partial charge in [-0.15, -0.1) is 0 Å². The van der Waals surface area contributed by atoms with Crippen LogP contribution in [0.5, 0.6) is 0 Å². The number of ketones is 1. The molecule has 1 saturated heterocycles. The number of Topliss-reactive ketones (excluding diaryl/α,β-unsaturated/α-hetero) is 1. The van der Waals surface area contributed by atoms with E-state index in [4.69, 9.17) is 4.74 Å². The zero-order chi connectivity index (χ0) is 12.1. The maximum Gasteiger partial charge on any atom is 0.151 e. The van der Waals surface area contributed by atoms with Gasteiger partial charge in [-0.2, -0.15) is 0 Å². The molecule has 1 unspecified atom stereocenters. The molecule has 0 amide bonds. The second kappa shape index (κ2) is 5.94. The number of rotatable bonds is 5. The predicted octanol–water partition coefficient (Wildman–Crippen LogP) is 1.52. The lowest BCUT2D eigenvalue weighted by atomic mass is 10.1. The van der Waals surface area contributed by atoms with E-state index in [9.17, 15) is 4.79 Å². The molecule has 0 radical (unpaired) electrons. The molecule has 0 aromatic heterocycles. The number of likely N-dealkylation sites (N-methyl/N-ethyl adjacent to an activating group) is 1. The lowest BCUT2D eigenvalue weighted by Gasteiger charge is -2.21. The highest BCUT2D eigenvalue weighted by Gasteiger charge is 2.21. The fourth-order valence-electron chi connectivity index (χ4n) is 2.16. The molecule has 1 aromatic carbocycles. The molecule has 0 aliphatic carbocycles. The third kappa shape index (κ3) is 3.65. The molecule has 17 heavy (non-hydrogen) atoms. The molecule has 1 atom stereocenters. The van der Waals surface area contributed by atoms with Crippen molar-refractivity contribution in [1.29, 1.82) is 0 Å². The third-order valence-corrected chi connectivity index (χ3v) is 3.20. The van der Waals surface area contributed by atoms with Crippen LogP contribution in [0.15, 0.2) is 30.3 Å². The van der Waals surface area contributed by atoms with E-state index in [0.29, 0.717) is 19.0 Å². The number of benzene rings is 1. The van der Waals surface area contributed by atoms with Crippen LogP contribution in [0.25, 0.3) is 0 Å². The van der Waals surface area contributed by atoms with E-state index in [2.05, 4.69) is 4.90 Å². The fourth-order valence-corrected chi connectivity index (χ4v) is 2.16. The summed E-state index contributed by atoms with van der Waals surface area (Å²) in [5.74, 6) is 0.269. The number of hydrogen-bond acceptors (Lipinski definition) is 3. The van der Waals surface area contributed by atoms with Crippen molar-refractivity contribution in [3.8, 4) is 0 Å². The van der Waals surface area contributed by atoms with Gasteiger partial charge in [0.25, 0.3) is 0 Å². The highest BCUT2D eigenvalue weighted by Crippen LogP contribution is 2.10. The van der Waals surface area contributed by atoms with E-state index in [1.807, 2.05) is 37.4 Å². The maximum atomic E-state index is 11.9. The summed E-state index contributed by atoms with van der Waals surface area (Å²) in [7, 11) is 2.00. The zero-order valence-corrected chi connectivity index (χ0v) is 10.3. The van der Waals surface area contributed by atoms with E-state index in [-0.39, 0.29) is 5.78 Å². The van der Waals surface area contributed by atoms with Gasteiger partial charge in [0.2, 0.25) is 0 Å². The first-order chi connectivity index (χ1) is 8.25. The molecule has 2 rings (SSSR count). The molecule has 92 valence electrons. The number of carbonyl (C=O) groups is 1. The van der Waals surface area contributed by atoms with Crippen LogP contribution in [0.4, 0.5) is 0 Å². The van der Waals surface area contributed by atoms with Crippen LogP contribution in [0.1, 0.15) is 12.0 Å². The standard InChI is InChI=1S/C14H19NO2/c1-15(13-7-8-17-11-13)10-14(16)9-12-5-3-2-4-6-12/h2-6,13H,7-11H2,1H3. The van der Waals surface area contributed by atoms with Crippen LogP contribution in [0, 0.1) is 0 Å². The van der Waals surface area contributed by atoms with Crippen LogP contribution in [-0.2, 0) is 16.0 Å². The van der Waals surface area contributed by atoms with E-state index in [1.54, 1.807) is 0 Å². The Kier molecular flexibility index (Phi) is 4.29. The molecule has 3 nitrogen and oxygen atoms in total. The van der Waals surface area contributed by atoms with Crippen LogP contribution in [0.3, 0.4) is 0 Å². The Balaban J connectivity index is 1.80. The van der Waals surface area contributed by atoms with Crippen molar-refractivity contribution in [2.24, 2.45) is 0 Å². The SMILES string of the molecule is CN(CC(=O)Cc1ccccc1)C1CCOC1. The summed E-state index contributed by atoms with van der Waals surface area (Å²) in [6, 6.07) is 10.3. The molecule has 0 N–H and O–H groups in total. The monoisotopic (exact) mass is 233 g/mol. The molecule has 1 fully saturated rings. The number of hydrogen-bond donors (Lipinski definition) is 0. The number of carbonyl (C=O) groups excluding carboxylic acids is 1. The molecule has 1 aliphatic heterocycles. The molecule has 0 bridgehead atoms. The second-order valence-corrected chi connectivity index (χ2v) is 4.63. The Hall–Kier alpha value is -1.19. The molecular weight excluding hydrogens is 214 g/mol. The predicted molar refractivity (Wildman–Crippen MR) is 67.0 cm³/mol. The van der Waals surface area contributed by atoms with Gasteiger partial charge in [0.15, 0.2) is 5.78 Å². The minimum absolute atomic E-state index is 0.269. The Labute approximate surface area is 102 Å². The van der Waals surface area contributed by atoms with Crippen molar-refractivity contribution in [1.82, 2.24) is 4.90 Å². The Morgan fingerprint density at radius 1 is 1.41 bits per heavy atom. The summed E-state index contributed by atoms with van der Waals surface area (Å²) in [5, 5.41) is 0. The minimum Gasteiger partial charge on any atom is -0.380 e. The van der Waals surface area contributed by atoms with Crippen LogP contribution >= 0.6 is 0 Å². The van der Waals surface area contributed by atoms with Gasteiger partial charge in [-0.25, -0.2) is 0 Å². The molecule has 1 aromatic rings. The van der Waals surface area contributed by atoms with Crippen molar-refractivity contribution in [3.05, 3.63) is 35.9 Å². The summed E-state index contributed by atoms with van der Waals surface area (Å²) >= 11 is 0.